The van der Waals surface area contributed by atoms with Gasteiger partial charge >= 0.3 is 0 Å². The molecule has 13 heavy (non-hydrogen) atoms. The van der Waals surface area contributed by atoms with Crippen molar-refractivity contribution < 1.29 is 9.84 Å². The number of aliphatic hydroxyl groups is 1. The molecule has 0 aliphatic rings. The van der Waals surface area contributed by atoms with Crippen LogP contribution in [0.25, 0.3) is 0 Å². The normalized spacial score (nSPS) is 15.1. The van der Waals surface area contributed by atoms with E-state index in [1.807, 2.05) is 0 Å². The van der Waals surface area contributed by atoms with Crippen LogP contribution >= 0.6 is 0 Å². The first-order chi connectivity index (χ1) is 6.10. The molecule has 1 aromatic rings. The molecule has 0 bridgehead atoms. The third-order valence-corrected chi connectivity index (χ3v) is 1.92. The fourth-order valence-electron chi connectivity index (χ4n) is 0.924. The van der Waals surface area contributed by atoms with Crippen LogP contribution in [0.4, 0.5) is 0 Å². The smallest absolute Gasteiger partial charge is 0.137 e. The Morgan fingerprint density at radius 1 is 1.62 bits per heavy atom. The van der Waals surface area contributed by atoms with Crippen LogP contribution in [0.15, 0.2) is 18.3 Å². The lowest BCUT2D eigenvalue weighted by atomic mass is 10.0. The Morgan fingerprint density at radius 3 is 2.69 bits per heavy atom. The van der Waals surface area contributed by atoms with Gasteiger partial charge in [-0.2, -0.15) is 0 Å². The first-order valence-electron chi connectivity index (χ1n) is 4.03. The van der Waals surface area contributed by atoms with E-state index in [-0.39, 0.29) is 6.54 Å². The second kappa shape index (κ2) is 3.72. The number of aromatic nitrogens is 1. The van der Waals surface area contributed by atoms with Gasteiger partial charge in [0.05, 0.1) is 19.0 Å². The monoisotopic (exact) mass is 182 g/mol. The van der Waals surface area contributed by atoms with Gasteiger partial charge in [0, 0.05) is 6.54 Å². The molecular weight excluding hydrogens is 168 g/mol. The molecule has 4 nitrogen and oxygen atoms in total. The highest BCUT2D eigenvalue weighted by molar-refractivity contribution is 5.22. The van der Waals surface area contributed by atoms with E-state index in [2.05, 4.69) is 4.98 Å². The minimum absolute atomic E-state index is 0.145. The van der Waals surface area contributed by atoms with E-state index in [1.54, 1.807) is 32.4 Å². The number of nitrogens with two attached hydrogens (primary N) is 1. The predicted octanol–water partition coefficient (Wildman–Crippen LogP) is 0.256. The van der Waals surface area contributed by atoms with Crippen molar-refractivity contribution in [3.8, 4) is 5.75 Å². The maximum atomic E-state index is 9.73. The summed E-state index contributed by atoms with van der Waals surface area (Å²) in [5.41, 5.74) is 4.88. The SMILES string of the molecule is COc1ccc(C(C)(O)CN)nc1. The van der Waals surface area contributed by atoms with E-state index in [4.69, 9.17) is 10.5 Å². The second-order valence-electron chi connectivity index (χ2n) is 3.06. The average Bonchev–Trinajstić information content (AvgIpc) is 2.18. The highest BCUT2D eigenvalue weighted by Gasteiger charge is 2.22. The van der Waals surface area contributed by atoms with Crippen LogP contribution in [0, 0.1) is 0 Å². The molecular formula is C9H14N2O2. The molecule has 0 saturated heterocycles. The fourth-order valence-corrected chi connectivity index (χ4v) is 0.924. The zero-order chi connectivity index (χ0) is 9.90. The molecule has 1 atom stereocenters. The van der Waals surface area contributed by atoms with Crippen LogP contribution in [0.2, 0.25) is 0 Å². The summed E-state index contributed by atoms with van der Waals surface area (Å²) in [6, 6.07) is 3.44. The van der Waals surface area contributed by atoms with Crippen molar-refractivity contribution in [2.75, 3.05) is 13.7 Å². The zero-order valence-corrected chi connectivity index (χ0v) is 7.82. The van der Waals surface area contributed by atoms with Crippen molar-refractivity contribution in [3.63, 3.8) is 0 Å². The van der Waals surface area contributed by atoms with E-state index in [1.165, 1.54) is 0 Å². The number of ether oxygens (including phenoxy) is 1. The molecule has 0 radical (unpaired) electrons. The van der Waals surface area contributed by atoms with Gasteiger partial charge in [0.2, 0.25) is 0 Å². The lowest BCUT2D eigenvalue weighted by molar-refractivity contribution is 0.0621. The molecule has 72 valence electrons. The van der Waals surface area contributed by atoms with E-state index < -0.39 is 5.60 Å². The van der Waals surface area contributed by atoms with Gasteiger partial charge in [-0.1, -0.05) is 0 Å². The molecule has 0 aliphatic heterocycles. The molecule has 0 saturated carbocycles. The van der Waals surface area contributed by atoms with Crippen molar-refractivity contribution in [2.24, 2.45) is 5.73 Å². The Kier molecular flexibility index (Phi) is 2.85. The van der Waals surface area contributed by atoms with Crippen molar-refractivity contribution in [2.45, 2.75) is 12.5 Å². The lowest BCUT2D eigenvalue weighted by Crippen LogP contribution is -2.32. The van der Waals surface area contributed by atoms with Gasteiger partial charge in [-0.05, 0) is 19.1 Å². The second-order valence-corrected chi connectivity index (χ2v) is 3.06. The summed E-state index contributed by atoms with van der Waals surface area (Å²) in [5.74, 6) is 0.663. The summed E-state index contributed by atoms with van der Waals surface area (Å²) in [6.45, 7) is 1.77. The van der Waals surface area contributed by atoms with Gasteiger partial charge in [0.1, 0.15) is 11.4 Å². The maximum Gasteiger partial charge on any atom is 0.137 e. The fraction of sp³-hybridized carbons (Fsp3) is 0.444. The molecule has 0 aliphatic carbocycles. The summed E-state index contributed by atoms with van der Waals surface area (Å²) < 4.78 is 4.94. The minimum Gasteiger partial charge on any atom is -0.495 e. The molecule has 1 unspecified atom stereocenters. The van der Waals surface area contributed by atoms with Crippen molar-refractivity contribution in [3.05, 3.63) is 24.0 Å². The molecule has 0 amide bonds. The Hall–Kier alpha value is -1.13. The number of rotatable bonds is 3. The van der Waals surface area contributed by atoms with Crippen molar-refractivity contribution in [1.29, 1.82) is 0 Å². The standard InChI is InChI=1S/C9H14N2O2/c1-9(12,6-10)8-4-3-7(13-2)5-11-8/h3-5,12H,6,10H2,1-2H3. The van der Waals surface area contributed by atoms with Crippen LogP contribution in [0.3, 0.4) is 0 Å². The van der Waals surface area contributed by atoms with Crippen LogP contribution in [0.5, 0.6) is 5.75 Å². The Balaban J connectivity index is 2.92. The average molecular weight is 182 g/mol. The van der Waals surface area contributed by atoms with Gasteiger partial charge in [-0.3, -0.25) is 4.98 Å². The maximum absolute atomic E-state index is 9.73. The summed E-state index contributed by atoms with van der Waals surface area (Å²) in [6.07, 6.45) is 1.56. The first-order valence-corrected chi connectivity index (χ1v) is 4.03. The van der Waals surface area contributed by atoms with E-state index in [9.17, 15) is 5.11 Å². The molecule has 0 aromatic carbocycles. The highest BCUT2D eigenvalue weighted by atomic mass is 16.5. The van der Waals surface area contributed by atoms with E-state index in [0.29, 0.717) is 11.4 Å². The van der Waals surface area contributed by atoms with Crippen LogP contribution in [0.1, 0.15) is 12.6 Å². The topological polar surface area (TPSA) is 68.4 Å². The lowest BCUT2D eigenvalue weighted by Gasteiger charge is -2.20. The quantitative estimate of drug-likeness (QED) is 0.703. The molecule has 3 N–H and O–H groups in total. The first kappa shape index (κ1) is 9.95. The summed E-state index contributed by atoms with van der Waals surface area (Å²) in [7, 11) is 1.57. The number of hydrogen-bond donors (Lipinski definition) is 2. The van der Waals surface area contributed by atoms with Gasteiger partial charge in [-0.15, -0.1) is 0 Å². The van der Waals surface area contributed by atoms with E-state index >= 15 is 0 Å². The Labute approximate surface area is 77.4 Å². The van der Waals surface area contributed by atoms with Gasteiger partial charge in [-0.25, -0.2) is 0 Å². The number of pyridine rings is 1. The Bertz CT molecular complexity index is 269. The largest absolute Gasteiger partial charge is 0.495 e. The van der Waals surface area contributed by atoms with Gasteiger partial charge in [0.25, 0.3) is 0 Å². The van der Waals surface area contributed by atoms with Crippen LogP contribution < -0.4 is 10.5 Å². The highest BCUT2D eigenvalue weighted by Crippen LogP contribution is 2.18. The molecule has 1 heterocycles. The number of methoxy groups -OCH3 is 1. The molecule has 4 heteroatoms. The number of nitrogens with zero attached hydrogens (tertiary/aromatic N) is 1. The third-order valence-electron chi connectivity index (χ3n) is 1.92. The zero-order valence-electron chi connectivity index (χ0n) is 7.82. The van der Waals surface area contributed by atoms with E-state index in [0.717, 1.165) is 0 Å². The summed E-state index contributed by atoms with van der Waals surface area (Å²) >= 11 is 0. The van der Waals surface area contributed by atoms with Crippen LogP contribution in [-0.2, 0) is 5.60 Å². The van der Waals surface area contributed by atoms with Crippen molar-refractivity contribution >= 4 is 0 Å². The molecule has 0 fully saturated rings. The summed E-state index contributed by atoms with van der Waals surface area (Å²) in [5, 5.41) is 9.73. The predicted molar refractivity (Wildman–Crippen MR) is 49.4 cm³/mol. The molecule has 1 rings (SSSR count). The molecule has 0 spiro atoms. The summed E-state index contributed by atoms with van der Waals surface area (Å²) in [4.78, 5) is 4.04. The Morgan fingerprint density at radius 2 is 2.31 bits per heavy atom. The van der Waals surface area contributed by atoms with Crippen molar-refractivity contribution in [1.82, 2.24) is 4.98 Å². The third kappa shape index (κ3) is 2.17. The minimum atomic E-state index is -1.06. The molecule has 1 aromatic heterocycles. The van der Waals surface area contributed by atoms with Gasteiger partial charge < -0.3 is 15.6 Å². The van der Waals surface area contributed by atoms with Gasteiger partial charge in [0.15, 0.2) is 0 Å². The van der Waals surface area contributed by atoms with Crippen LogP contribution in [-0.4, -0.2) is 23.7 Å². The number of hydrogen-bond acceptors (Lipinski definition) is 4.